The van der Waals surface area contributed by atoms with Gasteiger partial charge in [-0.05, 0) is 91.0 Å². The van der Waals surface area contributed by atoms with Crippen molar-refractivity contribution in [2.75, 3.05) is 0 Å². The fraction of sp³-hybridized carbons (Fsp3) is 0. The monoisotopic (exact) mass is 997 g/mol. The van der Waals surface area contributed by atoms with Gasteiger partial charge in [0.15, 0.2) is 5.82 Å². The molecule has 0 radical (unpaired) electrons. The zero-order valence-electron chi connectivity index (χ0n) is 41.5. The van der Waals surface area contributed by atoms with Gasteiger partial charge in [0.2, 0.25) is 0 Å². The molecule has 18 aromatic rings. The number of furan rings is 3. The maximum Gasteiger partial charge on any atom is 0.162 e. The van der Waals surface area contributed by atoms with E-state index in [0.29, 0.717) is 5.82 Å². The summed E-state index contributed by atoms with van der Waals surface area (Å²) in [5.41, 5.74) is 16.2. The Morgan fingerprint density at radius 1 is 0.244 bits per heavy atom. The number of aromatic nitrogens is 5. The number of para-hydroxylation sites is 6. The van der Waals surface area contributed by atoms with Crippen LogP contribution in [0.3, 0.4) is 0 Å². The fourth-order valence-electron chi connectivity index (χ4n) is 12.8. The van der Waals surface area contributed by atoms with E-state index in [9.17, 15) is 0 Å². The van der Waals surface area contributed by atoms with Crippen molar-refractivity contribution in [2.24, 2.45) is 0 Å². The van der Waals surface area contributed by atoms with E-state index in [-0.39, 0.29) is 0 Å². The van der Waals surface area contributed by atoms with Gasteiger partial charge in [0.05, 0.1) is 38.8 Å². The summed E-state index contributed by atoms with van der Waals surface area (Å²) in [5, 5.41) is 13.6. The number of fused-ring (bicyclic) bond motifs is 18. The Balaban J connectivity index is 0.847. The van der Waals surface area contributed by atoms with Crippen LogP contribution in [0.4, 0.5) is 0 Å². The van der Waals surface area contributed by atoms with Crippen LogP contribution >= 0.6 is 0 Å². The van der Waals surface area contributed by atoms with Gasteiger partial charge in [-0.15, -0.1) is 0 Å². The van der Waals surface area contributed by atoms with E-state index < -0.39 is 0 Å². The highest BCUT2D eigenvalue weighted by molar-refractivity contribution is 6.20. The molecule has 18 rings (SSSR count). The van der Waals surface area contributed by atoms with Crippen molar-refractivity contribution in [3.63, 3.8) is 0 Å². The summed E-state index contributed by atoms with van der Waals surface area (Å²) in [6.45, 7) is 0. The zero-order chi connectivity index (χ0) is 50.7. The van der Waals surface area contributed by atoms with Crippen molar-refractivity contribution in [3.05, 3.63) is 237 Å². The smallest absolute Gasteiger partial charge is 0.162 e. The van der Waals surface area contributed by atoms with Crippen molar-refractivity contribution >= 4 is 131 Å². The maximum absolute atomic E-state index is 6.55. The van der Waals surface area contributed by atoms with Crippen LogP contribution in [0.15, 0.2) is 250 Å². The Kier molecular flexibility index (Phi) is 8.24. The lowest BCUT2D eigenvalue weighted by Crippen LogP contribution is -2.03. The van der Waals surface area contributed by atoms with E-state index in [1.807, 2.05) is 36.4 Å². The standard InChI is InChI=1S/C70H39N5O3/c1-7-22-57-44(16-1)50-33-53-47-19-4-10-25-63(47)76-66(53)37-60(50)73(57)42-30-28-40(29-31-42)70-71-56(36-69(72-70)75-59-24-9-3-18-46(59)52-35-55-49-21-6-12-27-65(49)78-68(55)39-62(52)75)41-14-13-15-43(32-41)74-58-23-8-2-17-45(58)51-34-54-48-20-5-11-26-64(48)77-67(54)38-61(51)74/h1-39H. The second kappa shape index (κ2) is 15.4. The normalized spacial score (nSPS) is 12.4. The highest BCUT2D eigenvalue weighted by atomic mass is 16.3. The molecule has 0 N–H and O–H groups in total. The molecule has 11 aromatic carbocycles. The largest absolute Gasteiger partial charge is 0.456 e. The SMILES string of the molecule is c1cc(-c2cc(-n3c4ccccc4c4cc5c(cc43)oc3ccccc35)nc(-c3ccc(-n4c5ccccc5c5cc6c(cc54)oc4ccccc46)cc3)n2)cc(-n2c3ccccc3c3cc4c(cc32)oc2ccccc24)c1. The van der Waals surface area contributed by atoms with E-state index in [1.165, 1.54) is 21.5 Å². The summed E-state index contributed by atoms with van der Waals surface area (Å²) in [4.78, 5) is 11.0. The molecule has 0 aliphatic carbocycles. The molecule has 7 heterocycles. The summed E-state index contributed by atoms with van der Waals surface area (Å²) >= 11 is 0. The van der Waals surface area contributed by atoms with E-state index in [2.05, 4.69) is 214 Å². The molecule has 7 aromatic heterocycles. The third-order valence-electron chi connectivity index (χ3n) is 16.2. The van der Waals surface area contributed by atoms with Gasteiger partial charge in [-0.1, -0.05) is 121 Å². The van der Waals surface area contributed by atoms with Gasteiger partial charge in [-0.2, -0.15) is 0 Å². The highest BCUT2D eigenvalue weighted by Crippen LogP contribution is 2.43. The molecule has 0 bridgehead atoms. The Labute approximate surface area is 442 Å². The van der Waals surface area contributed by atoms with Crippen LogP contribution in [0.5, 0.6) is 0 Å². The number of benzene rings is 11. The van der Waals surface area contributed by atoms with Crippen LogP contribution < -0.4 is 0 Å². The predicted octanol–water partition coefficient (Wildman–Crippen LogP) is 18.8. The van der Waals surface area contributed by atoms with Crippen molar-refractivity contribution in [1.29, 1.82) is 0 Å². The third-order valence-corrected chi connectivity index (χ3v) is 16.2. The molecule has 8 heteroatoms. The van der Waals surface area contributed by atoms with E-state index in [0.717, 1.165) is 144 Å². The van der Waals surface area contributed by atoms with Crippen molar-refractivity contribution in [1.82, 2.24) is 23.7 Å². The summed E-state index contributed by atoms with van der Waals surface area (Å²) in [6.07, 6.45) is 0. The Morgan fingerprint density at radius 2 is 0.667 bits per heavy atom. The number of hydrogen-bond acceptors (Lipinski definition) is 5. The minimum absolute atomic E-state index is 0.602. The van der Waals surface area contributed by atoms with Gasteiger partial charge in [-0.3, -0.25) is 4.57 Å². The summed E-state index contributed by atoms with van der Waals surface area (Å²) in [5.74, 6) is 1.35. The Hall–Kier alpha value is -10.7. The van der Waals surface area contributed by atoms with Gasteiger partial charge in [-0.25, -0.2) is 9.97 Å². The minimum Gasteiger partial charge on any atom is -0.456 e. The van der Waals surface area contributed by atoms with Crippen molar-refractivity contribution in [3.8, 4) is 39.8 Å². The van der Waals surface area contributed by atoms with Gasteiger partial charge in [0, 0.05) is 111 Å². The van der Waals surface area contributed by atoms with Crippen molar-refractivity contribution < 1.29 is 13.3 Å². The van der Waals surface area contributed by atoms with Gasteiger partial charge >= 0.3 is 0 Å². The first-order chi connectivity index (χ1) is 38.6. The predicted molar refractivity (Wildman–Crippen MR) is 318 cm³/mol. The van der Waals surface area contributed by atoms with Crippen LogP contribution in [0.2, 0.25) is 0 Å². The number of hydrogen-bond donors (Lipinski definition) is 0. The number of nitrogens with zero attached hydrogens (tertiary/aromatic N) is 5. The lowest BCUT2D eigenvalue weighted by Gasteiger charge is -2.14. The molecule has 0 unspecified atom stereocenters. The molecule has 0 atom stereocenters. The maximum atomic E-state index is 6.55. The van der Waals surface area contributed by atoms with Gasteiger partial charge in [0.25, 0.3) is 0 Å². The van der Waals surface area contributed by atoms with Crippen LogP contribution in [-0.4, -0.2) is 23.7 Å². The molecular formula is C70H39N5O3. The second-order valence-electron chi connectivity index (χ2n) is 20.5. The first kappa shape index (κ1) is 41.6. The van der Waals surface area contributed by atoms with Crippen LogP contribution in [0, 0.1) is 0 Å². The molecule has 78 heavy (non-hydrogen) atoms. The molecular weight excluding hydrogens is 959 g/mol. The lowest BCUT2D eigenvalue weighted by molar-refractivity contribution is 0.669. The molecule has 0 amide bonds. The second-order valence-corrected chi connectivity index (χ2v) is 20.5. The Morgan fingerprint density at radius 3 is 1.17 bits per heavy atom. The van der Waals surface area contributed by atoms with E-state index in [4.69, 9.17) is 23.2 Å². The molecule has 0 aliphatic heterocycles. The summed E-state index contributed by atoms with van der Waals surface area (Å²) in [7, 11) is 0. The average Bonchev–Trinajstić information content (AvgIpc) is 4.54. The van der Waals surface area contributed by atoms with E-state index in [1.54, 1.807) is 0 Å². The topological polar surface area (TPSA) is 80.0 Å². The molecule has 0 saturated carbocycles. The molecule has 0 spiro atoms. The van der Waals surface area contributed by atoms with Gasteiger partial charge in [0.1, 0.15) is 39.3 Å². The molecule has 0 fully saturated rings. The number of rotatable bonds is 5. The van der Waals surface area contributed by atoms with Crippen molar-refractivity contribution in [2.45, 2.75) is 0 Å². The lowest BCUT2D eigenvalue weighted by atomic mass is 10.1. The fourth-order valence-corrected chi connectivity index (χ4v) is 12.8. The van der Waals surface area contributed by atoms with Gasteiger partial charge < -0.3 is 22.4 Å². The summed E-state index contributed by atoms with van der Waals surface area (Å²) < 4.78 is 26.4. The molecule has 0 aliphatic rings. The van der Waals surface area contributed by atoms with E-state index >= 15 is 0 Å². The zero-order valence-corrected chi connectivity index (χ0v) is 41.5. The average molecular weight is 998 g/mol. The minimum atomic E-state index is 0.602. The first-order valence-corrected chi connectivity index (χ1v) is 26.3. The quantitative estimate of drug-likeness (QED) is 0.172. The van der Waals surface area contributed by atoms with Crippen LogP contribution in [0.25, 0.3) is 171 Å². The first-order valence-electron chi connectivity index (χ1n) is 26.3. The van der Waals surface area contributed by atoms with Crippen LogP contribution in [0.1, 0.15) is 0 Å². The molecule has 0 saturated heterocycles. The molecule has 8 nitrogen and oxygen atoms in total. The highest BCUT2D eigenvalue weighted by Gasteiger charge is 2.22. The summed E-state index contributed by atoms with van der Waals surface area (Å²) in [6, 6.07) is 83.6. The third kappa shape index (κ3) is 5.82. The van der Waals surface area contributed by atoms with Crippen LogP contribution in [-0.2, 0) is 0 Å². The Bertz CT molecular complexity index is 5590. The molecule has 362 valence electrons.